The van der Waals surface area contributed by atoms with Crippen molar-refractivity contribution in [2.45, 2.75) is 29.5 Å². The first-order chi connectivity index (χ1) is 12.1. The number of nitrogens with zero attached hydrogens (tertiary/aromatic N) is 1. The summed E-state index contributed by atoms with van der Waals surface area (Å²) in [6.07, 6.45) is 0.817. The Hall–Kier alpha value is -1.16. The maximum atomic E-state index is 13.1. The number of hydrogen-bond acceptors (Lipinski definition) is 7. The van der Waals surface area contributed by atoms with Gasteiger partial charge in [0.2, 0.25) is 0 Å². The summed E-state index contributed by atoms with van der Waals surface area (Å²) in [5, 5.41) is 2.17. The van der Waals surface area contributed by atoms with Gasteiger partial charge in [-0.3, -0.25) is 0 Å². The SMILES string of the molecule is COc1ccc(S(=O)(=O)[C@H]2CS(=O)(=O)C[C@@H]2NCCCN(C)C)cc1C. The number of benzene rings is 1. The van der Waals surface area contributed by atoms with Gasteiger partial charge in [0.1, 0.15) is 5.75 Å². The Bertz CT molecular complexity index is 835. The van der Waals surface area contributed by atoms with Gasteiger partial charge < -0.3 is 15.0 Å². The van der Waals surface area contributed by atoms with E-state index in [-0.39, 0.29) is 16.4 Å². The average molecular weight is 405 g/mol. The third kappa shape index (κ3) is 4.97. The minimum absolute atomic E-state index is 0.137. The van der Waals surface area contributed by atoms with Gasteiger partial charge in [-0.15, -0.1) is 0 Å². The second kappa shape index (κ2) is 8.24. The molecule has 0 spiro atoms. The number of sulfone groups is 2. The lowest BCUT2D eigenvalue weighted by Crippen LogP contribution is -2.44. The number of methoxy groups -OCH3 is 1. The van der Waals surface area contributed by atoms with E-state index in [0.717, 1.165) is 13.0 Å². The molecule has 0 aliphatic carbocycles. The number of aryl methyl sites for hydroxylation is 1. The number of rotatable bonds is 8. The predicted molar refractivity (Wildman–Crippen MR) is 102 cm³/mol. The number of ether oxygens (including phenoxy) is 1. The van der Waals surface area contributed by atoms with Gasteiger partial charge in [-0.1, -0.05) is 0 Å². The van der Waals surface area contributed by atoms with E-state index in [0.29, 0.717) is 17.9 Å². The Labute approximate surface area is 156 Å². The molecule has 148 valence electrons. The van der Waals surface area contributed by atoms with Crippen molar-refractivity contribution in [3.63, 3.8) is 0 Å². The van der Waals surface area contributed by atoms with Crippen molar-refractivity contribution in [2.75, 3.05) is 45.8 Å². The molecule has 1 heterocycles. The molecule has 1 aromatic rings. The Balaban J connectivity index is 2.22. The average Bonchev–Trinajstić information content (AvgIpc) is 2.87. The summed E-state index contributed by atoms with van der Waals surface area (Å²) in [5.74, 6) is 0.112. The summed E-state index contributed by atoms with van der Waals surface area (Å²) >= 11 is 0. The smallest absolute Gasteiger partial charge is 0.183 e. The van der Waals surface area contributed by atoms with E-state index < -0.39 is 31.0 Å². The summed E-state index contributed by atoms with van der Waals surface area (Å²) in [6.45, 7) is 3.19. The van der Waals surface area contributed by atoms with Crippen LogP contribution >= 0.6 is 0 Å². The van der Waals surface area contributed by atoms with Crippen molar-refractivity contribution in [3.05, 3.63) is 23.8 Å². The van der Waals surface area contributed by atoms with Gasteiger partial charge in [0, 0.05) is 6.04 Å². The van der Waals surface area contributed by atoms with Crippen LogP contribution in [0.15, 0.2) is 23.1 Å². The zero-order valence-electron chi connectivity index (χ0n) is 15.7. The highest BCUT2D eigenvalue weighted by molar-refractivity contribution is 7.96. The molecule has 0 unspecified atom stereocenters. The summed E-state index contributed by atoms with van der Waals surface area (Å²) in [4.78, 5) is 2.17. The molecule has 0 saturated carbocycles. The van der Waals surface area contributed by atoms with E-state index in [2.05, 4.69) is 5.32 Å². The minimum Gasteiger partial charge on any atom is -0.496 e. The molecule has 0 aromatic heterocycles. The Kier molecular flexibility index (Phi) is 6.70. The molecule has 1 aromatic carbocycles. The van der Waals surface area contributed by atoms with Crippen LogP contribution in [0, 0.1) is 6.92 Å². The third-order valence-electron chi connectivity index (χ3n) is 4.58. The van der Waals surface area contributed by atoms with Crippen LogP contribution in [0.2, 0.25) is 0 Å². The second-order valence-electron chi connectivity index (χ2n) is 7.01. The van der Waals surface area contributed by atoms with Crippen LogP contribution in [0.1, 0.15) is 12.0 Å². The first-order valence-corrected chi connectivity index (χ1v) is 11.9. The first-order valence-electron chi connectivity index (χ1n) is 8.54. The molecule has 1 aliphatic rings. The monoisotopic (exact) mass is 404 g/mol. The van der Waals surface area contributed by atoms with E-state index >= 15 is 0 Å². The lowest BCUT2D eigenvalue weighted by atomic mass is 10.2. The predicted octanol–water partition coefficient (Wildman–Crippen LogP) is 0.484. The molecular weight excluding hydrogens is 376 g/mol. The summed E-state index contributed by atoms with van der Waals surface area (Å²) in [7, 11) is -1.72. The van der Waals surface area contributed by atoms with Gasteiger partial charge in [-0.05, 0) is 64.3 Å². The Morgan fingerprint density at radius 2 is 1.96 bits per heavy atom. The topological polar surface area (TPSA) is 92.8 Å². The lowest BCUT2D eigenvalue weighted by molar-refractivity contribution is 0.388. The Morgan fingerprint density at radius 1 is 1.27 bits per heavy atom. The molecule has 0 radical (unpaired) electrons. The van der Waals surface area contributed by atoms with E-state index in [1.54, 1.807) is 19.1 Å². The molecule has 2 rings (SSSR count). The molecule has 1 aliphatic heterocycles. The normalized spacial score (nSPS) is 22.7. The molecule has 2 atom stereocenters. The fourth-order valence-electron chi connectivity index (χ4n) is 3.20. The van der Waals surface area contributed by atoms with Crippen LogP contribution in [0.4, 0.5) is 0 Å². The quantitative estimate of drug-likeness (QED) is 0.630. The molecule has 1 saturated heterocycles. The fourth-order valence-corrected chi connectivity index (χ4v) is 8.00. The largest absolute Gasteiger partial charge is 0.496 e. The van der Waals surface area contributed by atoms with Gasteiger partial charge in [0.15, 0.2) is 19.7 Å². The van der Waals surface area contributed by atoms with E-state index in [1.807, 2.05) is 19.0 Å². The van der Waals surface area contributed by atoms with Gasteiger partial charge in [-0.25, -0.2) is 16.8 Å². The van der Waals surface area contributed by atoms with E-state index in [1.165, 1.54) is 13.2 Å². The van der Waals surface area contributed by atoms with Crippen molar-refractivity contribution >= 4 is 19.7 Å². The lowest BCUT2D eigenvalue weighted by Gasteiger charge is -2.21. The summed E-state index contributed by atoms with van der Waals surface area (Å²) in [5.41, 5.74) is 0.699. The molecule has 26 heavy (non-hydrogen) atoms. The van der Waals surface area contributed by atoms with Gasteiger partial charge in [-0.2, -0.15) is 0 Å². The molecular formula is C17H28N2O5S2. The maximum Gasteiger partial charge on any atom is 0.183 e. The van der Waals surface area contributed by atoms with Crippen LogP contribution in [0.25, 0.3) is 0 Å². The highest BCUT2D eigenvalue weighted by Crippen LogP contribution is 2.29. The maximum absolute atomic E-state index is 13.1. The van der Waals surface area contributed by atoms with Crippen molar-refractivity contribution < 1.29 is 21.6 Å². The van der Waals surface area contributed by atoms with Crippen LogP contribution in [0.3, 0.4) is 0 Å². The van der Waals surface area contributed by atoms with Gasteiger partial charge >= 0.3 is 0 Å². The van der Waals surface area contributed by atoms with Gasteiger partial charge in [0.25, 0.3) is 0 Å². The van der Waals surface area contributed by atoms with E-state index in [9.17, 15) is 16.8 Å². The van der Waals surface area contributed by atoms with Crippen LogP contribution < -0.4 is 10.1 Å². The van der Waals surface area contributed by atoms with Crippen molar-refractivity contribution in [2.24, 2.45) is 0 Å². The number of nitrogens with one attached hydrogen (secondary N) is 1. The first kappa shape index (κ1) is 21.1. The Morgan fingerprint density at radius 3 is 2.54 bits per heavy atom. The summed E-state index contributed by atoms with van der Waals surface area (Å²) in [6, 6.07) is 4.04. The summed E-state index contributed by atoms with van der Waals surface area (Å²) < 4.78 is 55.5. The van der Waals surface area contributed by atoms with Crippen molar-refractivity contribution in [1.82, 2.24) is 10.2 Å². The van der Waals surface area contributed by atoms with E-state index in [4.69, 9.17) is 4.74 Å². The standard InChI is InChI=1S/C17H28N2O5S2/c1-13-10-14(6-7-16(13)24-4)26(22,23)17-12-25(20,21)11-15(17)18-8-5-9-19(2)3/h6-7,10,15,17-18H,5,8-9,11-12H2,1-4H3/t15-,17-/m0/s1. The molecule has 1 fully saturated rings. The molecule has 0 bridgehead atoms. The highest BCUT2D eigenvalue weighted by Gasteiger charge is 2.45. The van der Waals surface area contributed by atoms with Crippen LogP contribution in [-0.4, -0.2) is 78.8 Å². The highest BCUT2D eigenvalue weighted by atomic mass is 32.2. The molecule has 1 N–H and O–H groups in total. The van der Waals surface area contributed by atoms with Crippen molar-refractivity contribution in [3.8, 4) is 5.75 Å². The number of hydrogen-bond donors (Lipinski definition) is 1. The zero-order valence-corrected chi connectivity index (χ0v) is 17.4. The van der Waals surface area contributed by atoms with Crippen molar-refractivity contribution in [1.29, 1.82) is 0 Å². The zero-order chi connectivity index (χ0) is 19.5. The third-order valence-corrected chi connectivity index (χ3v) is 8.73. The van der Waals surface area contributed by atoms with Crippen LogP contribution in [-0.2, 0) is 19.7 Å². The minimum atomic E-state index is -3.77. The van der Waals surface area contributed by atoms with Crippen LogP contribution in [0.5, 0.6) is 5.75 Å². The molecule has 9 heteroatoms. The fraction of sp³-hybridized carbons (Fsp3) is 0.647. The second-order valence-corrected chi connectivity index (χ2v) is 11.3. The molecule has 7 nitrogen and oxygen atoms in total. The molecule has 0 amide bonds. The van der Waals surface area contributed by atoms with Gasteiger partial charge in [0.05, 0.1) is 28.8 Å².